The van der Waals surface area contributed by atoms with Crippen LogP contribution in [0.1, 0.15) is 5.56 Å². The Balaban J connectivity index is 2.21. The Morgan fingerprint density at radius 1 is 1.22 bits per heavy atom. The van der Waals surface area contributed by atoms with Crippen molar-refractivity contribution in [1.82, 2.24) is 4.90 Å². The maximum absolute atomic E-state index is 5.88. The van der Waals surface area contributed by atoms with Crippen molar-refractivity contribution in [1.29, 1.82) is 0 Å². The summed E-state index contributed by atoms with van der Waals surface area (Å²) in [6, 6.07) is 3.72. The van der Waals surface area contributed by atoms with Crippen molar-refractivity contribution >= 4 is 5.69 Å². The summed E-state index contributed by atoms with van der Waals surface area (Å²) in [6.07, 6.45) is 0. The number of nitrogen functional groups attached to an aromatic ring is 1. The van der Waals surface area contributed by atoms with Gasteiger partial charge in [0.15, 0.2) is 11.5 Å². The highest BCUT2D eigenvalue weighted by molar-refractivity contribution is 5.57. The number of morpholine rings is 1. The van der Waals surface area contributed by atoms with Gasteiger partial charge in [-0.1, -0.05) is 0 Å². The second kappa shape index (κ2) is 5.93. The lowest BCUT2D eigenvalue weighted by molar-refractivity contribution is 0.0338. The van der Waals surface area contributed by atoms with Crippen LogP contribution in [0.4, 0.5) is 5.69 Å². The minimum absolute atomic E-state index is 0.681. The summed E-state index contributed by atoms with van der Waals surface area (Å²) in [5.41, 5.74) is 7.63. The zero-order chi connectivity index (χ0) is 13.0. The lowest BCUT2D eigenvalue weighted by Gasteiger charge is -2.27. The van der Waals surface area contributed by atoms with Gasteiger partial charge < -0.3 is 19.9 Å². The van der Waals surface area contributed by atoms with Crippen LogP contribution < -0.4 is 15.2 Å². The van der Waals surface area contributed by atoms with E-state index in [0.717, 1.165) is 44.2 Å². The molecule has 1 fully saturated rings. The summed E-state index contributed by atoms with van der Waals surface area (Å²) in [5, 5.41) is 0. The number of ether oxygens (including phenoxy) is 3. The first-order chi connectivity index (χ1) is 8.74. The molecule has 0 saturated carbocycles. The predicted molar refractivity (Wildman–Crippen MR) is 70.1 cm³/mol. The minimum Gasteiger partial charge on any atom is -0.493 e. The summed E-state index contributed by atoms with van der Waals surface area (Å²) in [4.78, 5) is 2.32. The number of nitrogens with two attached hydrogens (primary N) is 1. The second-order valence-electron chi connectivity index (χ2n) is 4.30. The molecule has 0 aromatic heterocycles. The van der Waals surface area contributed by atoms with Crippen LogP contribution in [0.15, 0.2) is 12.1 Å². The summed E-state index contributed by atoms with van der Waals surface area (Å²) in [7, 11) is 3.27. The highest BCUT2D eigenvalue weighted by Crippen LogP contribution is 2.34. The largest absolute Gasteiger partial charge is 0.493 e. The van der Waals surface area contributed by atoms with E-state index >= 15 is 0 Å². The summed E-state index contributed by atoms with van der Waals surface area (Å²) < 4.78 is 16.1. The molecule has 2 rings (SSSR count). The van der Waals surface area contributed by atoms with E-state index in [2.05, 4.69) is 4.90 Å². The standard InChI is InChI=1S/C13H20N2O3/c1-16-12-8-11(14)7-10(13(12)17-2)9-15-3-5-18-6-4-15/h7-8H,3-6,9,14H2,1-2H3. The fourth-order valence-corrected chi connectivity index (χ4v) is 2.18. The molecule has 0 spiro atoms. The van der Waals surface area contributed by atoms with Crippen molar-refractivity contribution < 1.29 is 14.2 Å². The molecule has 1 heterocycles. The number of rotatable bonds is 4. The van der Waals surface area contributed by atoms with E-state index in [9.17, 15) is 0 Å². The van der Waals surface area contributed by atoms with Crippen molar-refractivity contribution in [3.05, 3.63) is 17.7 Å². The van der Waals surface area contributed by atoms with E-state index in [4.69, 9.17) is 19.9 Å². The first kappa shape index (κ1) is 13.0. The van der Waals surface area contributed by atoms with Gasteiger partial charge in [-0.3, -0.25) is 4.90 Å². The van der Waals surface area contributed by atoms with Crippen LogP contribution in [0.2, 0.25) is 0 Å². The van der Waals surface area contributed by atoms with Crippen LogP contribution in [0.3, 0.4) is 0 Å². The van der Waals surface area contributed by atoms with Crippen molar-refractivity contribution in [3.63, 3.8) is 0 Å². The lowest BCUT2D eigenvalue weighted by Crippen LogP contribution is -2.35. The molecule has 0 aliphatic carbocycles. The van der Waals surface area contributed by atoms with E-state index in [1.165, 1.54) is 0 Å². The molecule has 0 radical (unpaired) electrons. The monoisotopic (exact) mass is 252 g/mol. The first-order valence-corrected chi connectivity index (χ1v) is 6.05. The molecular weight excluding hydrogens is 232 g/mol. The molecule has 100 valence electrons. The van der Waals surface area contributed by atoms with Crippen molar-refractivity contribution in [3.8, 4) is 11.5 Å². The topological polar surface area (TPSA) is 57.0 Å². The normalized spacial score (nSPS) is 16.6. The van der Waals surface area contributed by atoms with E-state index in [-0.39, 0.29) is 0 Å². The van der Waals surface area contributed by atoms with Gasteiger partial charge in [0.2, 0.25) is 0 Å². The Kier molecular flexibility index (Phi) is 4.28. The molecule has 1 aromatic carbocycles. The average molecular weight is 252 g/mol. The Bertz CT molecular complexity index is 403. The van der Waals surface area contributed by atoms with E-state index < -0.39 is 0 Å². The fraction of sp³-hybridized carbons (Fsp3) is 0.538. The quantitative estimate of drug-likeness (QED) is 0.814. The third-order valence-corrected chi connectivity index (χ3v) is 3.08. The maximum atomic E-state index is 5.88. The highest BCUT2D eigenvalue weighted by atomic mass is 16.5. The number of nitrogens with zero attached hydrogens (tertiary/aromatic N) is 1. The third-order valence-electron chi connectivity index (χ3n) is 3.08. The van der Waals surface area contributed by atoms with Gasteiger partial charge >= 0.3 is 0 Å². The summed E-state index contributed by atoms with van der Waals surface area (Å²) in [6.45, 7) is 4.22. The molecule has 1 aliphatic heterocycles. The summed E-state index contributed by atoms with van der Waals surface area (Å²) >= 11 is 0. The molecule has 1 aliphatic rings. The molecule has 1 saturated heterocycles. The van der Waals surface area contributed by atoms with Gasteiger partial charge in [-0.2, -0.15) is 0 Å². The van der Waals surface area contributed by atoms with E-state index in [1.807, 2.05) is 6.07 Å². The first-order valence-electron chi connectivity index (χ1n) is 6.05. The summed E-state index contributed by atoms with van der Waals surface area (Å²) in [5.74, 6) is 1.44. The van der Waals surface area contributed by atoms with Crippen LogP contribution >= 0.6 is 0 Å². The van der Waals surface area contributed by atoms with Crippen LogP contribution in [-0.2, 0) is 11.3 Å². The van der Waals surface area contributed by atoms with Gasteiger partial charge in [0.1, 0.15) is 0 Å². The Labute approximate surface area is 107 Å². The van der Waals surface area contributed by atoms with Gasteiger partial charge in [-0.05, 0) is 6.07 Å². The number of anilines is 1. The number of hydrogen-bond acceptors (Lipinski definition) is 5. The predicted octanol–water partition coefficient (Wildman–Crippen LogP) is 1.12. The Morgan fingerprint density at radius 2 is 1.94 bits per heavy atom. The fourth-order valence-electron chi connectivity index (χ4n) is 2.18. The maximum Gasteiger partial charge on any atom is 0.165 e. The molecular formula is C13H20N2O3. The van der Waals surface area contributed by atoms with E-state index in [1.54, 1.807) is 20.3 Å². The highest BCUT2D eigenvalue weighted by Gasteiger charge is 2.16. The molecule has 0 amide bonds. The molecule has 0 atom stereocenters. The van der Waals surface area contributed by atoms with Crippen LogP contribution in [0.25, 0.3) is 0 Å². The van der Waals surface area contributed by atoms with Gasteiger partial charge in [-0.25, -0.2) is 0 Å². The average Bonchev–Trinajstić information content (AvgIpc) is 2.39. The zero-order valence-corrected chi connectivity index (χ0v) is 10.9. The van der Waals surface area contributed by atoms with Crippen molar-refractivity contribution in [2.75, 3.05) is 46.3 Å². The smallest absolute Gasteiger partial charge is 0.165 e. The molecule has 0 bridgehead atoms. The Morgan fingerprint density at radius 3 is 2.56 bits per heavy atom. The molecule has 5 heteroatoms. The molecule has 5 nitrogen and oxygen atoms in total. The molecule has 2 N–H and O–H groups in total. The van der Waals surface area contributed by atoms with Gasteiger partial charge in [0.05, 0.1) is 27.4 Å². The zero-order valence-electron chi connectivity index (χ0n) is 10.9. The van der Waals surface area contributed by atoms with Crippen LogP contribution in [0, 0.1) is 0 Å². The van der Waals surface area contributed by atoms with Gasteiger partial charge in [0.25, 0.3) is 0 Å². The Hall–Kier alpha value is -1.46. The van der Waals surface area contributed by atoms with Crippen LogP contribution in [0.5, 0.6) is 11.5 Å². The van der Waals surface area contributed by atoms with Gasteiger partial charge in [-0.15, -0.1) is 0 Å². The number of benzene rings is 1. The van der Waals surface area contributed by atoms with Gasteiger partial charge in [0, 0.05) is 37.0 Å². The van der Waals surface area contributed by atoms with Crippen LogP contribution in [-0.4, -0.2) is 45.4 Å². The number of hydrogen-bond donors (Lipinski definition) is 1. The second-order valence-corrected chi connectivity index (χ2v) is 4.30. The SMILES string of the molecule is COc1cc(N)cc(CN2CCOCC2)c1OC. The third kappa shape index (κ3) is 2.86. The number of methoxy groups -OCH3 is 2. The molecule has 18 heavy (non-hydrogen) atoms. The van der Waals surface area contributed by atoms with Crippen molar-refractivity contribution in [2.45, 2.75) is 6.54 Å². The van der Waals surface area contributed by atoms with Crippen molar-refractivity contribution in [2.24, 2.45) is 0 Å². The minimum atomic E-state index is 0.681. The molecule has 0 unspecified atom stereocenters. The lowest BCUT2D eigenvalue weighted by atomic mass is 10.1. The molecule has 1 aromatic rings. The van der Waals surface area contributed by atoms with E-state index in [0.29, 0.717) is 11.4 Å².